The first kappa shape index (κ1) is 21.0. The Balaban J connectivity index is 1.63. The van der Waals surface area contributed by atoms with E-state index in [-0.39, 0.29) is 30.2 Å². The van der Waals surface area contributed by atoms with Crippen molar-refractivity contribution in [2.24, 2.45) is 5.92 Å². The van der Waals surface area contributed by atoms with Crippen molar-refractivity contribution in [3.8, 4) is 0 Å². The second-order valence-electron chi connectivity index (χ2n) is 6.90. The predicted molar refractivity (Wildman–Crippen MR) is 104 cm³/mol. The van der Waals surface area contributed by atoms with Crippen LogP contribution < -0.4 is 5.32 Å². The molecule has 2 saturated heterocycles. The van der Waals surface area contributed by atoms with Crippen molar-refractivity contribution in [3.05, 3.63) is 0 Å². The minimum atomic E-state index is -0.00326. The molecule has 0 radical (unpaired) electrons. The third-order valence-electron chi connectivity index (χ3n) is 5.21. The number of carbonyl (C=O) groups excluding carboxylic acids is 3. The lowest BCUT2D eigenvalue weighted by atomic mass is 9.96. The summed E-state index contributed by atoms with van der Waals surface area (Å²) >= 11 is 1.55. The van der Waals surface area contributed by atoms with Gasteiger partial charge in [0.15, 0.2) is 0 Å². The molecule has 0 aromatic heterocycles. The second kappa shape index (κ2) is 10.8. The van der Waals surface area contributed by atoms with Crippen LogP contribution >= 0.6 is 11.8 Å². The van der Waals surface area contributed by atoms with E-state index in [0.717, 1.165) is 26.1 Å². The van der Waals surface area contributed by atoms with Crippen LogP contribution in [-0.2, 0) is 14.4 Å². The summed E-state index contributed by atoms with van der Waals surface area (Å²) in [5.74, 6) is 1.24. The lowest BCUT2D eigenvalue weighted by Gasteiger charge is -2.32. The molecule has 0 bridgehead atoms. The van der Waals surface area contributed by atoms with E-state index in [4.69, 9.17) is 0 Å². The lowest BCUT2D eigenvalue weighted by molar-refractivity contribution is -0.140. The third kappa shape index (κ3) is 6.16. The molecule has 0 aliphatic carbocycles. The van der Waals surface area contributed by atoms with Gasteiger partial charge < -0.3 is 20.0 Å². The monoisotopic (exact) mass is 384 g/mol. The Labute approximate surface area is 160 Å². The van der Waals surface area contributed by atoms with Crippen LogP contribution in [0.3, 0.4) is 0 Å². The number of thioether (sulfide) groups is 1. The van der Waals surface area contributed by atoms with E-state index >= 15 is 0 Å². The molecule has 26 heavy (non-hydrogen) atoms. The van der Waals surface area contributed by atoms with Crippen molar-refractivity contribution >= 4 is 29.5 Å². The van der Waals surface area contributed by atoms with Crippen LogP contribution in [0.2, 0.25) is 0 Å². The van der Waals surface area contributed by atoms with Gasteiger partial charge in [-0.15, -0.1) is 11.8 Å². The molecule has 2 rings (SSSR count). The van der Waals surface area contributed by atoms with Gasteiger partial charge in [0.05, 0.1) is 11.6 Å². The highest BCUT2D eigenvalue weighted by Gasteiger charge is 2.29. The zero-order chi connectivity index (χ0) is 18.9. The number of piperidine rings is 1. The van der Waals surface area contributed by atoms with Crippen molar-refractivity contribution in [3.63, 3.8) is 0 Å². The number of hydrogen-bond acceptors (Lipinski definition) is 5. The SMILES string of the molecule is CCN(CC)CCCNC(=O)C1CCN(C(=O)CN2CSCC2=O)CC1. The maximum atomic E-state index is 12.3. The topological polar surface area (TPSA) is 73.0 Å². The number of nitrogens with zero attached hydrogens (tertiary/aromatic N) is 3. The van der Waals surface area contributed by atoms with Crippen LogP contribution in [0.15, 0.2) is 0 Å². The van der Waals surface area contributed by atoms with E-state index in [2.05, 4.69) is 24.1 Å². The molecule has 3 amide bonds. The van der Waals surface area contributed by atoms with Crippen LogP contribution in [0.5, 0.6) is 0 Å². The standard InChI is InChI=1S/C18H32N4O3S/c1-3-20(4-2)9-5-8-19-18(25)15-6-10-21(11-7-15)16(23)12-22-14-26-13-17(22)24/h15H,3-14H2,1-2H3,(H,19,25). The fourth-order valence-corrected chi connectivity index (χ4v) is 4.30. The maximum Gasteiger partial charge on any atom is 0.242 e. The molecule has 1 N–H and O–H groups in total. The maximum absolute atomic E-state index is 12.3. The van der Waals surface area contributed by atoms with Crippen molar-refractivity contribution in [1.29, 1.82) is 0 Å². The highest BCUT2D eigenvalue weighted by molar-refractivity contribution is 8.00. The molecule has 8 heteroatoms. The Morgan fingerprint density at radius 3 is 2.50 bits per heavy atom. The summed E-state index contributed by atoms with van der Waals surface area (Å²) in [4.78, 5) is 42.0. The summed E-state index contributed by atoms with van der Waals surface area (Å²) in [7, 11) is 0. The van der Waals surface area contributed by atoms with Crippen LogP contribution in [0.1, 0.15) is 33.1 Å². The van der Waals surface area contributed by atoms with Crippen LogP contribution in [-0.4, -0.2) is 89.9 Å². The Kier molecular flexibility index (Phi) is 8.71. The summed E-state index contributed by atoms with van der Waals surface area (Å²) in [5.41, 5.74) is 0. The molecule has 0 atom stereocenters. The van der Waals surface area contributed by atoms with Gasteiger partial charge in [0.2, 0.25) is 17.7 Å². The van der Waals surface area contributed by atoms with Gasteiger partial charge >= 0.3 is 0 Å². The predicted octanol–water partition coefficient (Wildman–Crippen LogP) is 0.606. The van der Waals surface area contributed by atoms with E-state index in [9.17, 15) is 14.4 Å². The largest absolute Gasteiger partial charge is 0.356 e. The van der Waals surface area contributed by atoms with Crippen LogP contribution in [0.25, 0.3) is 0 Å². The van der Waals surface area contributed by atoms with Crippen molar-refractivity contribution < 1.29 is 14.4 Å². The molecule has 0 unspecified atom stereocenters. The summed E-state index contributed by atoms with van der Waals surface area (Å²) in [6, 6.07) is 0. The molecule has 0 aromatic carbocycles. The first-order chi connectivity index (χ1) is 12.5. The Hall–Kier alpha value is -1.28. The van der Waals surface area contributed by atoms with Gasteiger partial charge in [0, 0.05) is 25.6 Å². The lowest BCUT2D eigenvalue weighted by Crippen LogP contribution is -2.47. The smallest absolute Gasteiger partial charge is 0.242 e. The zero-order valence-electron chi connectivity index (χ0n) is 16.0. The average molecular weight is 385 g/mol. The summed E-state index contributed by atoms with van der Waals surface area (Å²) in [5, 5.41) is 3.04. The molecule has 2 aliphatic heterocycles. The normalized spacial score (nSPS) is 18.7. The fourth-order valence-electron chi connectivity index (χ4n) is 3.39. The van der Waals surface area contributed by atoms with Gasteiger partial charge in [-0.1, -0.05) is 13.8 Å². The molecular formula is C18H32N4O3S. The average Bonchev–Trinajstić information content (AvgIpc) is 3.06. The van der Waals surface area contributed by atoms with Gasteiger partial charge in [0.1, 0.15) is 6.54 Å². The van der Waals surface area contributed by atoms with Gasteiger partial charge in [-0.2, -0.15) is 0 Å². The molecule has 7 nitrogen and oxygen atoms in total. The van der Waals surface area contributed by atoms with Gasteiger partial charge in [-0.3, -0.25) is 14.4 Å². The second-order valence-corrected chi connectivity index (χ2v) is 7.85. The number of hydrogen-bond donors (Lipinski definition) is 1. The van der Waals surface area contributed by atoms with Gasteiger partial charge in [0.25, 0.3) is 0 Å². The Morgan fingerprint density at radius 2 is 1.92 bits per heavy atom. The molecule has 2 aliphatic rings. The molecule has 2 heterocycles. The number of rotatable bonds is 9. The Morgan fingerprint density at radius 1 is 1.23 bits per heavy atom. The van der Waals surface area contributed by atoms with Gasteiger partial charge in [-0.05, 0) is 38.9 Å². The van der Waals surface area contributed by atoms with Crippen molar-refractivity contribution in [2.75, 3.05) is 57.4 Å². The minimum Gasteiger partial charge on any atom is -0.356 e. The third-order valence-corrected chi connectivity index (χ3v) is 6.16. The highest BCUT2D eigenvalue weighted by Crippen LogP contribution is 2.19. The van der Waals surface area contributed by atoms with Crippen LogP contribution in [0, 0.1) is 5.92 Å². The number of nitrogens with one attached hydrogen (secondary N) is 1. The summed E-state index contributed by atoms with van der Waals surface area (Å²) < 4.78 is 0. The summed E-state index contributed by atoms with van der Waals surface area (Å²) in [6.07, 6.45) is 2.37. The summed E-state index contributed by atoms with van der Waals surface area (Å²) in [6.45, 7) is 9.48. The first-order valence-electron chi connectivity index (χ1n) is 9.68. The molecule has 0 aromatic rings. The van der Waals surface area contributed by atoms with E-state index in [0.29, 0.717) is 44.1 Å². The number of carbonyl (C=O) groups is 3. The van der Waals surface area contributed by atoms with E-state index in [1.807, 2.05) is 0 Å². The van der Waals surface area contributed by atoms with E-state index < -0.39 is 0 Å². The first-order valence-corrected chi connectivity index (χ1v) is 10.8. The Bertz CT molecular complexity index is 491. The van der Waals surface area contributed by atoms with E-state index in [1.165, 1.54) is 0 Å². The fraction of sp³-hybridized carbons (Fsp3) is 0.833. The number of likely N-dealkylation sites (tertiary alicyclic amines) is 1. The van der Waals surface area contributed by atoms with Crippen LogP contribution in [0.4, 0.5) is 0 Å². The molecule has 0 saturated carbocycles. The molecule has 0 spiro atoms. The molecule has 2 fully saturated rings. The number of amides is 3. The quantitative estimate of drug-likeness (QED) is 0.590. The zero-order valence-corrected chi connectivity index (χ0v) is 16.9. The molecular weight excluding hydrogens is 352 g/mol. The van der Waals surface area contributed by atoms with E-state index in [1.54, 1.807) is 21.6 Å². The molecule has 148 valence electrons. The van der Waals surface area contributed by atoms with Crippen molar-refractivity contribution in [1.82, 2.24) is 20.0 Å². The minimum absolute atomic E-state index is 0.000990. The van der Waals surface area contributed by atoms with Gasteiger partial charge in [-0.25, -0.2) is 0 Å². The van der Waals surface area contributed by atoms with Crippen molar-refractivity contribution in [2.45, 2.75) is 33.1 Å². The highest BCUT2D eigenvalue weighted by atomic mass is 32.2.